The predicted octanol–water partition coefficient (Wildman–Crippen LogP) is 2.55. The van der Waals surface area contributed by atoms with Crippen LogP contribution in [0.1, 0.15) is 23.7 Å². The minimum Gasteiger partial charge on any atom is -0.366 e. The van der Waals surface area contributed by atoms with Crippen molar-refractivity contribution in [3.63, 3.8) is 0 Å². The molecule has 17 heavy (non-hydrogen) atoms. The van der Waals surface area contributed by atoms with Gasteiger partial charge in [0.15, 0.2) is 0 Å². The summed E-state index contributed by atoms with van der Waals surface area (Å²) in [7, 11) is 0. The molecule has 0 fully saturated rings. The zero-order valence-electron chi connectivity index (χ0n) is 9.17. The maximum Gasteiger partial charge on any atom is 0.248 e. The highest BCUT2D eigenvalue weighted by atomic mass is 79.9. The lowest BCUT2D eigenvalue weighted by molar-refractivity contribution is -0.115. The molecule has 2 amide bonds. The molecule has 0 spiro atoms. The Kier molecular flexibility index (Phi) is 4.96. The predicted molar refractivity (Wildman–Crippen MR) is 71.6 cm³/mol. The molecule has 0 saturated carbocycles. The van der Waals surface area contributed by atoms with Crippen LogP contribution in [0.3, 0.4) is 0 Å². The van der Waals surface area contributed by atoms with Gasteiger partial charge >= 0.3 is 0 Å². The summed E-state index contributed by atoms with van der Waals surface area (Å²) in [6, 6.07) is 4.48. The van der Waals surface area contributed by atoms with Gasteiger partial charge < -0.3 is 11.1 Å². The zero-order chi connectivity index (χ0) is 13.0. The lowest BCUT2D eigenvalue weighted by Gasteiger charge is -2.11. The van der Waals surface area contributed by atoms with E-state index in [2.05, 4.69) is 21.2 Å². The van der Waals surface area contributed by atoms with Crippen LogP contribution in [0.4, 0.5) is 5.69 Å². The second kappa shape index (κ2) is 6.02. The molecule has 1 unspecified atom stereocenters. The molecular weight excluding hydrogens is 307 g/mol. The molecule has 1 rings (SSSR count). The lowest BCUT2D eigenvalue weighted by Crippen LogP contribution is -2.22. The van der Waals surface area contributed by atoms with E-state index in [0.717, 1.165) is 0 Å². The van der Waals surface area contributed by atoms with Gasteiger partial charge in [-0.2, -0.15) is 0 Å². The first kappa shape index (κ1) is 14.0. The zero-order valence-corrected chi connectivity index (χ0v) is 11.5. The molecule has 0 radical (unpaired) electrons. The number of anilines is 1. The number of alkyl halides is 1. The van der Waals surface area contributed by atoms with E-state index in [0.29, 0.717) is 22.7 Å². The Balaban J connectivity index is 2.94. The Labute approximate surface area is 113 Å². The Morgan fingerprint density at radius 3 is 2.71 bits per heavy atom. The monoisotopic (exact) mass is 318 g/mol. The van der Waals surface area contributed by atoms with Crippen LogP contribution >= 0.6 is 27.5 Å². The molecule has 1 aromatic carbocycles. The van der Waals surface area contributed by atoms with Gasteiger partial charge in [0.2, 0.25) is 11.8 Å². The molecule has 0 aliphatic carbocycles. The third kappa shape index (κ3) is 3.71. The van der Waals surface area contributed by atoms with Gasteiger partial charge in [0, 0.05) is 5.56 Å². The summed E-state index contributed by atoms with van der Waals surface area (Å²) in [4.78, 5) is 22.3. The van der Waals surface area contributed by atoms with Gasteiger partial charge in [0.1, 0.15) is 0 Å². The van der Waals surface area contributed by atoms with Gasteiger partial charge in [-0.05, 0) is 24.6 Å². The van der Waals surface area contributed by atoms with Crippen LogP contribution in [0.2, 0.25) is 5.02 Å². The number of primary amides is 1. The maximum absolute atomic E-state index is 11.6. The minimum atomic E-state index is -0.567. The van der Waals surface area contributed by atoms with Gasteiger partial charge in [-0.25, -0.2) is 0 Å². The summed E-state index contributed by atoms with van der Waals surface area (Å²) < 4.78 is 0. The van der Waals surface area contributed by atoms with Crippen molar-refractivity contribution >= 4 is 45.0 Å². The van der Waals surface area contributed by atoms with Gasteiger partial charge in [0.05, 0.1) is 15.5 Å². The van der Waals surface area contributed by atoms with Crippen LogP contribution in [0.15, 0.2) is 18.2 Å². The first-order valence-electron chi connectivity index (χ1n) is 5.00. The quantitative estimate of drug-likeness (QED) is 0.837. The van der Waals surface area contributed by atoms with Crippen molar-refractivity contribution in [3.05, 3.63) is 28.8 Å². The first-order valence-corrected chi connectivity index (χ1v) is 6.29. The highest BCUT2D eigenvalue weighted by molar-refractivity contribution is 9.10. The molecule has 92 valence electrons. The van der Waals surface area contributed by atoms with Crippen molar-refractivity contribution in [2.45, 2.75) is 18.2 Å². The number of halogens is 2. The van der Waals surface area contributed by atoms with Crippen molar-refractivity contribution in [1.29, 1.82) is 0 Å². The largest absolute Gasteiger partial charge is 0.366 e. The van der Waals surface area contributed by atoms with Crippen molar-refractivity contribution in [2.24, 2.45) is 5.73 Å². The van der Waals surface area contributed by atoms with E-state index in [9.17, 15) is 9.59 Å². The van der Waals surface area contributed by atoms with Crippen molar-refractivity contribution < 1.29 is 9.59 Å². The normalized spacial score (nSPS) is 11.9. The molecule has 0 heterocycles. The number of carbonyl (C=O) groups is 2. The second-order valence-corrected chi connectivity index (χ2v) is 4.94. The average molecular weight is 320 g/mol. The van der Waals surface area contributed by atoms with E-state index in [4.69, 9.17) is 17.3 Å². The number of hydrogen-bond acceptors (Lipinski definition) is 2. The third-order valence-electron chi connectivity index (χ3n) is 2.15. The van der Waals surface area contributed by atoms with E-state index in [1.807, 2.05) is 6.92 Å². The van der Waals surface area contributed by atoms with Gasteiger partial charge in [-0.1, -0.05) is 34.5 Å². The van der Waals surface area contributed by atoms with Crippen LogP contribution in [0.25, 0.3) is 0 Å². The minimum absolute atomic E-state index is 0.212. The Bertz CT molecular complexity index is 451. The fourth-order valence-electron chi connectivity index (χ4n) is 1.17. The molecule has 3 N–H and O–H groups in total. The number of nitrogens with one attached hydrogen (secondary N) is 1. The molecular formula is C11H12BrClN2O2. The van der Waals surface area contributed by atoms with E-state index < -0.39 is 5.91 Å². The van der Waals surface area contributed by atoms with Crippen LogP contribution in [0, 0.1) is 0 Å². The molecule has 0 aliphatic rings. The topological polar surface area (TPSA) is 72.2 Å². The van der Waals surface area contributed by atoms with E-state index >= 15 is 0 Å². The second-order valence-electron chi connectivity index (χ2n) is 3.42. The summed E-state index contributed by atoms with van der Waals surface area (Å²) in [5.41, 5.74) is 5.82. The standard InChI is InChI=1S/C11H12BrClN2O2/c1-2-7(12)11(17)15-9-5-6(10(14)16)3-4-8(9)13/h3-5,7H,2H2,1H3,(H2,14,16)(H,15,17). The summed E-state index contributed by atoms with van der Waals surface area (Å²) in [6.07, 6.45) is 0.652. The van der Waals surface area contributed by atoms with E-state index in [1.54, 1.807) is 0 Å². The number of carbonyl (C=O) groups excluding carboxylic acids is 2. The van der Waals surface area contributed by atoms with Crippen molar-refractivity contribution in [3.8, 4) is 0 Å². The first-order chi connectivity index (χ1) is 7.95. The highest BCUT2D eigenvalue weighted by Gasteiger charge is 2.14. The number of benzene rings is 1. The Hall–Kier alpha value is -1.07. The molecule has 6 heteroatoms. The molecule has 4 nitrogen and oxygen atoms in total. The molecule has 0 bridgehead atoms. The SMILES string of the molecule is CCC(Br)C(=O)Nc1cc(C(N)=O)ccc1Cl. The van der Waals surface area contributed by atoms with Crippen LogP contribution in [-0.4, -0.2) is 16.6 Å². The van der Waals surface area contributed by atoms with Gasteiger partial charge in [0.25, 0.3) is 0 Å². The highest BCUT2D eigenvalue weighted by Crippen LogP contribution is 2.23. The van der Waals surface area contributed by atoms with Crippen molar-refractivity contribution in [1.82, 2.24) is 0 Å². The molecule has 0 aromatic heterocycles. The smallest absolute Gasteiger partial charge is 0.248 e. The lowest BCUT2D eigenvalue weighted by atomic mass is 10.2. The third-order valence-corrected chi connectivity index (χ3v) is 3.54. The van der Waals surface area contributed by atoms with Gasteiger partial charge in [-0.15, -0.1) is 0 Å². The average Bonchev–Trinajstić information content (AvgIpc) is 2.30. The van der Waals surface area contributed by atoms with E-state index in [-0.39, 0.29) is 10.7 Å². The summed E-state index contributed by atoms with van der Waals surface area (Å²) in [5, 5.41) is 2.99. The molecule has 0 aliphatic heterocycles. The Morgan fingerprint density at radius 1 is 1.53 bits per heavy atom. The maximum atomic E-state index is 11.6. The van der Waals surface area contributed by atoms with Crippen LogP contribution in [-0.2, 0) is 4.79 Å². The fraction of sp³-hybridized carbons (Fsp3) is 0.273. The van der Waals surface area contributed by atoms with E-state index in [1.165, 1.54) is 18.2 Å². The summed E-state index contributed by atoms with van der Waals surface area (Å²) in [6.45, 7) is 1.88. The van der Waals surface area contributed by atoms with Crippen molar-refractivity contribution in [2.75, 3.05) is 5.32 Å². The molecule has 1 aromatic rings. The summed E-state index contributed by atoms with van der Waals surface area (Å²) >= 11 is 9.14. The number of nitrogens with two attached hydrogens (primary N) is 1. The summed E-state index contributed by atoms with van der Waals surface area (Å²) in [5.74, 6) is -0.779. The Morgan fingerprint density at radius 2 is 2.18 bits per heavy atom. The number of rotatable bonds is 4. The molecule has 0 saturated heterocycles. The van der Waals surface area contributed by atoms with Crippen LogP contribution in [0.5, 0.6) is 0 Å². The van der Waals surface area contributed by atoms with Gasteiger partial charge in [-0.3, -0.25) is 9.59 Å². The fourth-order valence-corrected chi connectivity index (χ4v) is 1.45. The number of hydrogen-bond donors (Lipinski definition) is 2. The number of amides is 2. The molecule has 1 atom stereocenters. The van der Waals surface area contributed by atoms with Crippen LogP contribution < -0.4 is 11.1 Å².